The van der Waals surface area contributed by atoms with Crippen LogP contribution in [-0.4, -0.2) is 15.5 Å². The third-order valence-electron chi connectivity index (χ3n) is 5.92. The molecular weight excluding hydrogens is 382 g/mol. The summed E-state index contributed by atoms with van der Waals surface area (Å²) in [5, 5.41) is 3.11. The average Bonchev–Trinajstić information content (AvgIpc) is 3.20. The van der Waals surface area contributed by atoms with Gasteiger partial charge in [0.25, 0.3) is 0 Å². The molecule has 2 amide bonds. The van der Waals surface area contributed by atoms with Crippen LogP contribution in [0.15, 0.2) is 91.1 Å². The molecule has 4 aromatic rings. The number of carbonyl (C=O) groups excluding carboxylic acids is 1. The van der Waals surface area contributed by atoms with E-state index < -0.39 is 0 Å². The molecule has 5 rings (SSSR count). The van der Waals surface area contributed by atoms with E-state index >= 15 is 0 Å². The molecule has 4 nitrogen and oxygen atoms in total. The molecule has 1 aromatic heterocycles. The Morgan fingerprint density at radius 1 is 0.839 bits per heavy atom. The topological polar surface area (TPSA) is 37.3 Å². The molecule has 0 saturated heterocycles. The van der Waals surface area contributed by atoms with Crippen molar-refractivity contribution in [2.24, 2.45) is 0 Å². The van der Waals surface area contributed by atoms with E-state index in [-0.39, 0.29) is 12.1 Å². The van der Waals surface area contributed by atoms with E-state index in [1.807, 2.05) is 48.2 Å². The Bertz CT molecular complexity index is 1220. The SMILES string of the molecule is Cc1ccc(NC(=O)N2Cc3ccccc3-n3cccc3[C@H]2c2ccc(C)cc2)cc1. The highest BCUT2D eigenvalue weighted by molar-refractivity contribution is 5.90. The van der Waals surface area contributed by atoms with Crippen molar-refractivity contribution < 1.29 is 4.79 Å². The van der Waals surface area contributed by atoms with Gasteiger partial charge < -0.3 is 14.8 Å². The van der Waals surface area contributed by atoms with Gasteiger partial charge in [-0.05, 0) is 55.3 Å². The molecule has 1 aliphatic rings. The number of carbonyl (C=O) groups is 1. The number of nitrogens with one attached hydrogen (secondary N) is 1. The summed E-state index contributed by atoms with van der Waals surface area (Å²) in [6, 6.07) is 28.5. The number of aryl methyl sites for hydroxylation is 2. The first-order valence-electron chi connectivity index (χ1n) is 10.6. The largest absolute Gasteiger partial charge is 0.322 e. The third kappa shape index (κ3) is 3.61. The van der Waals surface area contributed by atoms with Crippen molar-refractivity contribution in [2.45, 2.75) is 26.4 Å². The van der Waals surface area contributed by atoms with E-state index in [0.717, 1.165) is 33.8 Å². The molecule has 4 heteroatoms. The number of aromatic nitrogens is 1. The number of hydrogen-bond donors (Lipinski definition) is 1. The van der Waals surface area contributed by atoms with Crippen LogP contribution in [0.2, 0.25) is 0 Å². The Morgan fingerprint density at radius 2 is 1.52 bits per heavy atom. The molecule has 0 fully saturated rings. The fourth-order valence-corrected chi connectivity index (χ4v) is 4.27. The van der Waals surface area contributed by atoms with Gasteiger partial charge in [0.05, 0.1) is 18.3 Å². The molecule has 0 unspecified atom stereocenters. The van der Waals surface area contributed by atoms with Crippen molar-refractivity contribution in [3.63, 3.8) is 0 Å². The Hall–Kier alpha value is -3.79. The van der Waals surface area contributed by atoms with E-state index in [0.29, 0.717) is 6.54 Å². The standard InChI is InChI=1S/C27H25N3O/c1-19-9-13-21(14-10-19)26-25-8-5-17-29(25)24-7-4-3-6-22(24)18-30(26)27(31)28-23-15-11-20(2)12-16-23/h3-17,26H,18H2,1-2H3,(H,28,31)/t26-/m1/s1. The van der Waals surface area contributed by atoms with E-state index in [1.54, 1.807) is 0 Å². The molecule has 2 heterocycles. The summed E-state index contributed by atoms with van der Waals surface area (Å²) in [5.74, 6) is 0. The Kier molecular flexibility index (Phi) is 4.83. The van der Waals surface area contributed by atoms with Crippen LogP contribution in [0, 0.1) is 13.8 Å². The van der Waals surface area contributed by atoms with Gasteiger partial charge in [-0.25, -0.2) is 4.79 Å². The summed E-state index contributed by atoms with van der Waals surface area (Å²) < 4.78 is 2.21. The molecule has 154 valence electrons. The number of anilines is 1. The van der Waals surface area contributed by atoms with Crippen molar-refractivity contribution in [2.75, 3.05) is 5.32 Å². The summed E-state index contributed by atoms with van der Waals surface area (Å²) >= 11 is 0. The van der Waals surface area contributed by atoms with Crippen LogP contribution in [0.3, 0.4) is 0 Å². The number of fused-ring (bicyclic) bond motifs is 3. The number of para-hydroxylation sites is 1. The van der Waals surface area contributed by atoms with Gasteiger partial charge in [0.2, 0.25) is 0 Å². The first kappa shape index (κ1) is 19.2. The lowest BCUT2D eigenvalue weighted by Gasteiger charge is -2.31. The molecule has 1 aliphatic heterocycles. The van der Waals surface area contributed by atoms with Crippen molar-refractivity contribution in [3.8, 4) is 5.69 Å². The number of nitrogens with zero attached hydrogens (tertiary/aromatic N) is 2. The summed E-state index contributed by atoms with van der Waals surface area (Å²) in [6.45, 7) is 4.64. The highest BCUT2D eigenvalue weighted by atomic mass is 16.2. The number of urea groups is 1. The molecule has 3 aromatic carbocycles. The predicted molar refractivity (Wildman–Crippen MR) is 125 cm³/mol. The maximum atomic E-state index is 13.6. The monoisotopic (exact) mass is 407 g/mol. The quantitative estimate of drug-likeness (QED) is 0.420. The molecule has 0 radical (unpaired) electrons. The second kappa shape index (κ2) is 7.80. The van der Waals surface area contributed by atoms with Crippen LogP contribution in [0.5, 0.6) is 0 Å². The Labute approximate surface area is 182 Å². The van der Waals surface area contributed by atoms with Crippen LogP contribution < -0.4 is 5.32 Å². The maximum Gasteiger partial charge on any atom is 0.322 e. The molecule has 0 saturated carbocycles. The normalized spacial score (nSPS) is 15.0. The zero-order valence-electron chi connectivity index (χ0n) is 17.7. The molecule has 0 aliphatic carbocycles. The summed E-state index contributed by atoms with van der Waals surface area (Å²) in [5.41, 5.74) is 7.57. The maximum absolute atomic E-state index is 13.6. The second-order valence-corrected chi connectivity index (χ2v) is 8.17. The molecule has 1 N–H and O–H groups in total. The summed E-state index contributed by atoms with van der Waals surface area (Å²) in [4.78, 5) is 15.5. The van der Waals surface area contributed by atoms with E-state index in [1.165, 1.54) is 5.56 Å². The minimum absolute atomic E-state index is 0.112. The highest BCUT2D eigenvalue weighted by Gasteiger charge is 2.32. The number of benzene rings is 3. The van der Waals surface area contributed by atoms with Crippen molar-refractivity contribution >= 4 is 11.7 Å². The fourth-order valence-electron chi connectivity index (χ4n) is 4.27. The van der Waals surface area contributed by atoms with Crippen molar-refractivity contribution in [3.05, 3.63) is 119 Å². The van der Waals surface area contributed by atoms with Crippen LogP contribution in [0.1, 0.15) is 34.0 Å². The Morgan fingerprint density at radius 3 is 2.26 bits per heavy atom. The number of rotatable bonds is 2. The smallest absolute Gasteiger partial charge is 0.318 e. The minimum atomic E-state index is -0.201. The zero-order valence-corrected chi connectivity index (χ0v) is 17.7. The van der Waals surface area contributed by atoms with Gasteiger partial charge in [-0.3, -0.25) is 0 Å². The summed E-state index contributed by atoms with van der Waals surface area (Å²) in [6.07, 6.45) is 2.08. The van der Waals surface area contributed by atoms with Crippen LogP contribution in [0.25, 0.3) is 5.69 Å². The number of hydrogen-bond acceptors (Lipinski definition) is 1. The van der Waals surface area contributed by atoms with Crippen LogP contribution in [0.4, 0.5) is 10.5 Å². The molecule has 0 spiro atoms. The van der Waals surface area contributed by atoms with Gasteiger partial charge in [0.1, 0.15) is 0 Å². The lowest BCUT2D eigenvalue weighted by Crippen LogP contribution is -2.37. The van der Waals surface area contributed by atoms with Crippen LogP contribution in [-0.2, 0) is 6.54 Å². The Balaban J connectivity index is 1.62. The third-order valence-corrected chi connectivity index (χ3v) is 5.92. The lowest BCUT2D eigenvalue weighted by molar-refractivity contribution is 0.194. The van der Waals surface area contributed by atoms with Gasteiger partial charge in [-0.15, -0.1) is 0 Å². The lowest BCUT2D eigenvalue weighted by atomic mass is 10.0. The van der Waals surface area contributed by atoms with Gasteiger partial charge >= 0.3 is 6.03 Å². The molecular formula is C27H25N3O. The second-order valence-electron chi connectivity index (χ2n) is 8.17. The first-order valence-corrected chi connectivity index (χ1v) is 10.6. The average molecular weight is 408 g/mol. The summed E-state index contributed by atoms with van der Waals surface area (Å²) in [7, 11) is 0. The van der Waals surface area contributed by atoms with Crippen molar-refractivity contribution in [1.82, 2.24) is 9.47 Å². The van der Waals surface area contributed by atoms with Crippen LogP contribution >= 0.6 is 0 Å². The van der Waals surface area contributed by atoms with E-state index in [9.17, 15) is 4.79 Å². The fraction of sp³-hybridized carbons (Fsp3) is 0.148. The van der Waals surface area contributed by atoms with Crippen molar-refractivity contribution in [1.29, 1.82) is 0 Å². The van der Waals surface area contributed by atoms with Gasteiger partial charge in [0, 0.05) is 17.6 Å². The molecule has 1 atom stereocenters. The van der Waals surface area contributed by atoms with Gasteiger partial charge in [-0.1, -0.05) is 65.7 Å². The van der Waals surface area contributed by atoms with E-state index in [4.69, 9.17) is 0 Å². The molecule has 31 heavy (non-hydrogen) atoms. The number of amides is 2. The first-order chi connectivity index (χ1) is 15.1. The molecule has 0 bridgehead atoms. The minimum Gasteiger partial charge on any atom is -0.318 e. The highest BCUT2D eigenvalue weighted by Crippen LogP contribution is 2.37. The van der Waals surface area contributed by atoms with Gasteiger partial charge in [0.15, 0.2) is 0 Å². The van der Waals surface area contributed by atoms with E-state index in [2.05, 4.69) is 71.5 Å². The zero-order chi connectivity index (χ0) is 21.4. The predicted octanol–water partition coefficient (Wildman–Crippen LogP) is 6.23. The van der Waals surface area contributed by atoms with Gasteiger partial charge in [-0.2, -0.15) is 0 Å².